The molecule has 0 radical (unpaired) electrons. The molecule has 4 rings (SSSR count). The summed E-state index contributed by atoms with van der Waals surface area (Å²) in [5.41, 5.74) is 0.736. The molecule has 1 unspecified atom stereocenters. The van der Waals surface area contributed by atoms with Crippen LogP contribution >= 0.6 is 22.9 Å². The Labute approximate surface area is 196 Å². The highest BCUT2D eigenvalue weighted by Crippen LogP contribution is 2.36. The number of allylic oxidation sites excluding steroid dienone is 4. The van der Waals surface area contributed by atoms with Crippen LogP contribution in [-0.4, -0.2) is 22.8 Å². The fraction of sp³-hybridized carbons (Fsp3) is 0.360. The Morgan fingerprint density at radius 1 is 1.19 bits per heavy atom. The van der Waals surface area contributed by atoms with Gasteiger partial charge in [-0.05, 0) is 49.3 Å². The highest BCUT2D eigenvalue weighted by Gasteiger charge is 2.37. The lowest BCUT2D eigenvalue weighted by atomic mass is 9.99. The predicted molar refractivity (Wildman–Crippen MR) is 126 cm³/mol. The summed E-state index contributed by atoms with van der Waals surface area (Å²) in [6, 6.07) is 9.76. The molecule has 2 aliphatic rings. The van der Waals surface area contributed by atoms with E-state index in [0.717, 1.165) is 30.6 Å². The van der Waals surface area contributed by atoms with E-state index in [9.17, 15) is 9.59 Å². The van der Waals surface area contributed by atoms with Crippen molar-refractivity contribution in [1.29, 1.82) is 0 Å². The van der Waals surface area contributed by atoms with Crippen LogP contribution in [0.15, 0.2) is 65.5 Å². The van der Waals surface area contributed by atoms with Gasteiger partial charge in [0.15, 0.2) is 0 Å². The van der Waals surface area contributed by atoms with Crippen LogP contribution in [-0.2, 0) is 16.0 Å². The van der Waals surface area contributed by atoms with Gasteiger partial charge >= 0.3 is 0 Å². The minimum atomic E-state index is -1.04. The Morgan fingerprint density at radius 3 is 2.66 bits per heavy atom. The van der Waals surface area contributed by atoms with E-state index in [4.69, 9.17) is 11.6 Å². The minimum absolute atomic E-state index is 0.0619. The van der Waals surface area contributed by atoms with E-state index in [1.54, 1.807) is 30.3 Å². The number of carbonyl (C=O) groups excluding carboxylic acids is 2. The number of hydrogen-bond acceptors (Lipinski definition) is 3. The lowest BCUT2D eigenvalue weighted by molar-refractivity contribution is -0.138. The molecule has 1 aromatic carbocycles. The zero-order valence-electron chi connectivity index (χ0n) is 17.7. The first-order valence-electron chi connectivity index (χ1n) is 11.0. The first-order valence-corrected chi connectivity index (χ1v) is 12.2. The zero-order chi connectivity index (χ0) is 22.5. The molecule has 1 fully saturated rings. The molecular weight excluding hydrogens is 447 g/mol. The molecule has 2 amide bonds. The maximum atomic E-state index is 15.0. The second-order valence-electron chi connectivity index (χ2n) is 8.17. The summed E-state index contributed by atoms with van der Waals surface area (Å²) in [4.78, 5) is 29.4. The van der Waals surface area contributed by atoms with Crippen molar-refractivity contribution in [2.75, 3.05) is 0 Å². The highest BCUT2D eigenvalue weighted by atomic mass is 35.5. The molecule has 0 bridgehead atoms. The smallest absolute Gasteiger partial charge is 0.248 e. The van der Waals surface area contributed by atoms with Gasteiger partial charge in [-0.3, -0.25) is 14.5 Å². The molecule has 1 heterocycles. The van der Waals surface area contributed by atoms with Gasteiger partial charge < -0.3 is 5.32 Å². The SMILES string of the molecule is O=C(NC1CCCC1)C(c1ccccc1Cl)N(C(=O)Cc1cccs1)C1=C(F)C=CCC1. The van der Waals surface area contributed by atoms with Crippen LogP contribution in [0.1, 0.15) is 55.0 Å². The number of thiophene rings is 1. The molecule has 0 spiro atoms. The number of amides is 2. The van der Waals surface area contributed by atoms with Crippen LogP contribution in [0.25, 0.3) is 0 Å². The van der Waals surface area contributed by atoms with Gasteiger partial charge in [0, 0.05) is 21.5 Å². The van der Waals surface area contributed by atoms with Crippen molar-refractivity contribution in [3.05, 3.63) is 80.9 Å². The van der Waals surface area contributed by atoms with E-state index in [2.05, 4.69) is 5.32 Å². The summed E-state index contributed by atoms with van der Waals surface area (Å²) in [6.07, 6.45) is 8.10. The normalized spacial score (nSPS) is 17.4. The summed E-state index contributed by atoms with van der Waals surface area (Å²) in [5, 5.41) is 5.37. The molecule has 0 aliphatic heterocycles. The Morgan fingerprint density at radius 2 is 1.97 bits per heavy atom. The van der Waals surface area contributed by atoms with Crippen molar-refractivity contribution < 1.29 is 14.0 Å². The van der Waals surface area contributed by atoms with Crippen molar-refractivity contribution in [1.82, 2.24) is 10.2 Å². The number of rotatable bonds is 7. The Balaban J connectivity index is 1.77. The largest absolute Gasteiger partial charge is 0.351 e. The van der Waals surface area contributed by atoms with Gasteiger partial charge in [0.25, 0.3) is 0 Å². The van der Waals surface area contributed by atoms with Gasteiger partial charge in [-0.2, -0.15) is 0 Å². The minimum Gasteiger partial charge on any atom is -0.351 e. The van der Waals surface area contributed by atoms with Crippen molar-refractivity contribution in [2.24, 2.45) is 0 Å². The van der Waals surface area contributed by atoms with E-state index in [-0.39, 0.29) is 30.0 Å². The number of nitrogens with zero attached hydrogens (tertiary/aromatic N) is 1. The molecule has 1 saturated carbocycles. The molecule has 1 N–H and O–H groups in total. The summed E-state index contributed by atoms with van der Waals surface area (Å²) in [5.74, 6) is -1.12. The molecular formula is C25H26ClFN2O2S. The van der Waals surface area contributed by atoms with Crippen LogP contribution in [0.4, 0.5) is 4.39 Å². The van der Waals surface area contributed by atoms with E-state index in [1.807, 2.05) is 17.5 Å². The molecule has 1 aromatic heterocycles. The zero-order valence-corrected chi connectivity index (χ0v) is 19.3. The lowest BCUT2D eigenvalue weighted by Gasteiger charge is -2.35. The van der Waals surface area contributed by atoms with Gasteiger partial charge in [-0.15, -0.1) is 11.3 Å². The number of halogens is 2. The van der Waals surface area contributed by atoms with Gasteiger partial charge in [0.2, 0.25) is 11.8 Å². The average Bonchev–Trinajstić information content (AvgIpc) is 3.48. The summed E-state index contributed by atoms with van der Waals surface area (Å²) in [7, 11) is 0. The monoisotopic (exact) mass is 472 g/mol. The Kier molecular flexibility index (Phi) is 7.43. The van der Waals surface area contributed by atoms with Gasteiger partial charge in [-0.25, -0.2) is 4.39 Å². The molecule has 1 atom stereocenters. The third-order valence-corrected chi connectivity index (χ3v) is 7.18. The van der Waals surface area contributed by atoms with Crippen molar-refractivity contribution in [3.8, 4) is 0 Å². The quantitative estimate of drug-likeness (QED) is 0.529. The summed E-state index contributed by atoms with van der Waals surface area (Å²) >= 11 is 7.97. The standard InChI is InChI=1S/C25H26ClFN2O2S/c26-20-12-4-3-11-19(20)24(25(31)28-17-8-1-2-9-17)29(22-14-6-5-13-21(22)27)23(30)16-18-10-7-15-32-18/h3-5,7,10-13,15,17,24H,1-2,6,8-9,14,16H2,(H,28,31). The number of carbonyl (C=O) groups is 2. The van der Waals surface area contributed by atoms with Gasteiger partial charge in [0.1, 0.15) is 11.9 Å². The summed E-state index contributed by atoms with van der Waals surface area (Å²) < 4.78 is 15.0. The van der Waals surface area contributed by atoms with Crippen LogP contribution in [0.5, 0.6) is 0 Å². The first kappa shape index (κ1) is 22.7. The lowest BCUT2D eigenvalue weighted by Crippen LogP contribution is -2.46. The second-order valence-corrected chi connectivity index (χ2v) is 9.61. The summed E-state index contributed by atoms with van der Waals surface area (Å²) in [6.45, 7) is 0. The fourth-order valence-corrected chi connectivity index (χ4v) is 5.34. The number of benzene rings is 1. The van der Waals surface area contributed by atoms with Gasteiger partial charge in [-0.1, -0.05) is 54.8 Å². The molecule has 4 nitrogen and oxygen atoms in total. The van der Waals surface area contributed by atoms with E-state index in [1.165, 1.54) is 22.3 Å². The van der Waals surface area contributed by atoms with Crippen molar-refractivity contribution >= 4 is 34.8 Å². The van der Waals surface area contributed by atoms with E-state index < -0.39 is 11.9 Å². The molecule has 2 aliphatic carbocycles. The topological polar surface area (TPSA) is 49.4 Å². The fourth-order valence-electron chi connectivity index (χ4n) is 4.40. The van der Waals surface area contributed by atoms with Gasteiger partial charge in [0.05, 0.1) is 12.1 Å². The molecule has 168 valence electrons. The van der Waals surface area contributed by atoms with Crippen molar-refractivity contribution in [3.63, 3.8) is 0 Å². The molecule has 2 aromatic rings. The average molecular weight is 473 g/mol. The molecule has 32 heavy (non-hydrogen) atoms. The maximum Gasteiger partial charge on any atom is 0.248 e. The third kappa shape index (κ3) is 5.13. The first-order chi connectivity index (χ1) is 15.5. The van der Waals surface area contributed by atoms with Crippen LogP contribution in [0, 0.1) is 0 Å². The maximum absolute atomic E-state index is 15.0. The molecule has 0 saturated heterocycles. The number of nitrogens with one attached hydrogen (secondary N) is 1. The Bertz CT molecular complexity index is 1030. The molecule has 7 heteroatoms. The second kappa shape index (κ2) is 10.5. The van der Waals surface area contributed by atoms with E-state index >= 15 is 4.39 Å². The number of hydrogen-bond donors (Lipinski definition) is 1. The van der Waals surface area contributed by atoms with Crippen LogP contribution in [0.2, 0.25) is 5.02 Å². The van der Waals surface area contributed by atoms with E-state index in [0.29, 0.717) is 23.4 Å². The Hall–Kier alpha value is -2.44. The van der Waals surface area contributed by atoms with Crippen LogP contribution < -0.4 is 5.32 Å². The van der Waals surface area contributed by atoms with Crippen LogP contribution in [0.3, 0.4) is 0 Å². The third-order valence-electron chi connectivity index (χ3n) is 5.96. The highest BCUT2D eigenvalue weighted by molar-refractivity contribution is 7.10. The predicted octanol–water partition coefficient (Wildman–Crippen LogP) is 6.10. The van der Waals surface area contributed by atoms with Crippen molar-refractivity contribution in [2.45, 2.75) is 57.0 Å².